The maximum Gasteiger partial charge on any atom is 0.0492 e. The van der Waals surface area contributed by atoms with E-state index >= 15 is 0 Å². The van der Waals surface area contributed by atoms with Gasteiger partial charge in [0.05, 0.1) is 0 Å². The second kappa shape index (κ2) is 1.54. The summed E-state index contributed by atoms with van der Waals surface area (Å²) in [5, 5.41) is 0. The van der Waals surface area contributed by atoms with E-state index in [4.69, 9.17) is 11.5 Å². The molecule has 0 amide bonds. The van der Waals surface area contributed by atoms with Gasteiger partial charge in [0.25, 0.3) is 0 Å². The molecular formula is C5H12N2. The van der Waals surface area contributed by atoms with Crippen molar-refractivity contribution in [2.45, 2.75) is 19.4 Å². The average molecular weight is 100 g/mol. The zero-order valence-corrected chi connectivity index (χ0v) is 4.86. The fraction of sp³-hybridized carbons (Fsp3) is 0.600. The van der Waals surface area contributed by atoms with Crippen LogP contribution in [0.1, 0.15) is 13.8 Å². The van der Waals surface area contributed by atoms with E-state index in [9.17, 15) is 0 Å². The molecule has 0 saturated heterocycles. The first-order chi connectivity index (χ1) is 2.94. The van der Waals surface area contributed by atoms with Gasteiger partial charge in [-0.25, -0.2) is 0 Å². The summed E-state index contributed by atoms with van der Waals surface area (Å²) in [5.74, 6) is 0. The number of hydrogen-bond acceptors (Lipinski definition) is 2. The van der Waals surface area contributed by atoms with Crippen LogP contribution in [0.3, 0.4) is 0 Å². The largest absolute Gasteiger partial charge is 0.401 e. The Kier molecular flexibility index (Phi) is 1.43. The molecule has 0 aliphatic heterocycles. The molecule has 0 aliphatic carbocycles. The predicted octanol–water partition coefficient (Wildman–Crippen LogP) is 0.196. The van der Waals surface area contributed by atoms with Gasteiger partial charge in [-0.05, 0) is 13.8 Å². The molecule has 0 heterocycles. The van der Waals surface area contributed by atoms with Crippen LogP contribution in [0.25, 0.3) is 0 Å². The topological polar surface area (TPSA) is 52.0 Å². The molecule has 7 heavy (non-hydrogen) atoms. The van der Waals surface area contributed by atoms with Crippen LogP contribution in [0.15, 0.2) is 12.3 Å². The van der Waals surface area contributed by atoms with E-state index in [1.54, 1.807) is 0 Å². The lowest BCUT2D eigenvalue weighted by Gasteiger charge is -2.16. The van der Waals surface area contributed by atoms with E-state index in [0.717, 1.165) is 0 Å². The number of nitrogens with two attached hydrogens (primary N) is 2. The Morgan fingerprint density at radius 3 is 1.71 bits per heavy atom. The molecule has 42 valence electrons. The molecule has 0 saturated carbocycles. The lowest BCUT2D eigenvalue weighted by molar-refractivity contribution is 0.606. The van der Waals surface area contributed by atoms with Crippen LogP contribution in [0.5, 0.6) is 0 Å². The third-order valence-electron chi connectivity index (χ3n) is 0.828. The Bertz CT molecular complexity index is 78.6. The summed E-state index contributed by atoms with van der Waals surface area (Å²) >= 11 is 0. The van der Waals surface area contributed by atoms with Crippen LogP contribution in [0.2, 0.25) is 0 Å². The SMILES string of the molecule is C=C(N)C(C)(C)N. The molecule has 0 aromatic rings. The van der Waals surface area contributed by atoms with Crippen molar-refractivity contribution in [3.63, 3.8) is 0 Å². The molecule has 0 unspecified atom stereocenters. The predicted molar refractivity (Wildman–Crippen MR) is 31.6 cm³/mol. The first-order valence-electron chi connectivity index (χ1n) is 2.18. The van der Waals surface area contributed by atoms with Crippen LogP contribution in [0, 0.1) is 0 Å². The van der Waals surface area contributed by atoms with Crippen LogP contribution >= 0.6 is 0 Å². The van der Waals surface area contributed by atoms with Gasteiger partial charge < -0.3 is 11.5 Å². The van der Waals surface area contributed by atoms with Crippen molar-refractivity contribution in [2.24, 2.45) is 11.5 Å². The molecule has 0 spiro atoms. The van der Waals surface area contributed by atoms with Gasteiger partial charge in [-0.3, -0.25) is 0 Å². The van der Waals surface area contributed by atoms with Gasteiger partial charge in [-0.1, -0.05) is 6.58 Å². The summed E-state index contributed by atoms with van der Waals surface area (Å²) in [5.41, 5.74) is 10.8. The van der Waals surface area contributed by atoms with E-state index in [2.05, 4.69) is 6.58 Å². The van der Waals surface area contributed by atoms with E-state index in [0.29, 0.717) is 5.70 Å². The highest BCUT2D eigenvalue weighted by molar-refractivity contribution is 5.05. The van der Waals surface area contributed by atoms with Gasteiger partial charge >= 0.3 is 0 Å². The molecule has 0 bridgehead atoms. The first-order valence-corrected chi connectivity index (χ1v) is 2.18. The third kappa shape index (κ3) is 2.23. The maximum absolute atomic E-state index is 5.45. The highest BCUT2D eigenvalue weighted by Crippen LogP contribution is 2.01. The Hall–Kier alpha value is -0.500. The van der Waals surface area contributed by atoms with E-state index < -0.39 is 5.54 Å². The number of hydrogen-bond donors (Lipinski definition) is 2. The lowest BCUT2D eigenvalue weighted by atomic mass is 10.1. The molecule has 0 fully saturated rings. The Morgan fingerprint density at radius 2 is 1.71 bits per heavy atom. The van der Waals surface area contributed by atoms with Crippen LogP contribution in [0.4, 0.5) is 0 Å². The van der Waals surface area contributed by atoms with Crippen molar-refractivity contribution in [2.75, 3.05) is 0 Å². The Morgan fingerprint density at radius 1 is 1.57 bits per heavy atom. The zero-order chi connectivity index (χ0) is 6.08. The molecule has 0 aromatic carbocycles. The highest BCUT2D eigenvalue weighted by atomic mass is 14.8. The normalized spacial score (nSPS) is 11.3. The molecule has 2 heteroatoms. The lowest BCUT2D eigenvalue weighted by Crippen LogP contribution is -2.37. The van der Waals surface area contributed by atoms with Crippen LogP contribution in [-0.4, -0.2) is 5.54 Å². The molecule has 2 nitrogen and oxygen atoms in total. The van der Waals surface area contributed by atoms with Crippen molar-refractivity contribution >= 4 is 0 Å². The molecule has 0 aromatic heterocycles. The molecular weight excluding hydrogens is 88.1 g/mol. The first kappa shape index (κ1) is 6.50. The average Bonchev–Trinajstić information content (AvgIpc) is 1.31. The minimum atomic E-state index is -0.417. The van der Waals surface area contributed by atoms with Gasteiger partial charge in [-0.2, -0.15) is 0 Å². The monoisotopic (exact) mass is 100 g/mol. The van der Waals surface area contributed by atoms with Crippen LogP contribution in [-0.2, 0) is 0 Å². The maximum atomic E-state index is 5.45. The minimum absolute atomic E-state index is 0.417. The van der Waals surface area contributed by atoms with Gasteiger partial charge in [0, 0.05) is 11.2 Å². The summed E-state index contributed by atoms with van der Waals surface area (Å²) in [6.45, 7) is 7.11. The van der Waals surface area contributed by atoms with E-state index in [1.165, 1.54) is 0 Å². The summed E-state index contributed by atoms with van der Waals surface area (Å²) in [6, 6.07) is 0. The summed E-state index contributed by atoms with van der Waals surface area (Å²) in [7, 11) is 0. The molecule has 0 aliphatic rings. The Labute approximate surface area is 44.2 Å². The van der Waals surface area contributed by atoms with Gasteiger partial charge in [0.2, 0.25) is 0 Å². The van der Waals surface area contributed by atoms with Gasteiger partial charge in [0.15, 0.2) is 0 Å². The second-order valence-corrected chi connectivity index (χ2v) is 2.25. The van der Waals surface area contributed by atoms with E-state index in [1.807, 2.05) is 13.8 Å². The second-order valence-electron chi connectivity index (χ2n) is 2.25. The van der Waals surface area contributed by atoms with Gasteiger partial charge in [0.1, 0.15) is 0 Å². The molecule has 0 rings (SSSR count). The van der Waals surface area contributed by atoms with Crippen molar-refractivity contribution in [1.29, 1.82) is 0 Å². The standard InChI is InChI=1S/C5H12N2/c1-4(6)5(2,3)7/h1,6-7H2,2-3H3. The van der Waals surface area contributed by atoms with Crippen molar-refractivity contribution in [1.82, 2.24) is 0 Å². The quantitative estimate of drug-likeness (QED) is 0.494. The van der Waals surface area contributed by atoms with E-state index in [-0.39, 0.29) is 0 Å². The fourth-order valence-corrected chi connectivity index (χ4v) is 0. The highest BCUT2D eigenvalue weighted by Gasteiger charge is 2.10. The summed E-state index contributed by atoms with van der Waals surface area (Å²) in [6.07, 6.45) is 0. The van der Waals surface area contributed by atoms with Crippen molar-refractivity contribution in [3.8, 4) is 0 Å². The molecule has 0 atom stereocenters. The summed E-state index contributed by atoms with van der Waals surface area (Å²) in [4.78, 5) is 0. The molecule has 4 N–H and O–H groups in total. The Balaban J connectivity index is 3.79. The number of rotatable bonds is 1. The fourth-order valence-electron chi connectivity index (χ4n) is 0. The van der Waals surface area contributed by atoms with Crippen LogP contribution < -0.4 is 11.5 Å². The van der Waals surface area contributed by atoms with Crippen molar-refractivity contribution < 1.29 is 0 Å². The third-order valence-corrected chi connectivity index (χ3v) is 0.828. The minimum Gasteiger partial charge on any atom is -0.401 e. The molecule has 0 radical (unpaired) electrons. The van der Waals surface area contributed by atoms with Gasteiger partial charge in [-0.15, -0.1) is 0 Å². The smallest absolute Gasteiger partial charge is 0.0492 e. The summed E-state index contributed by atoms with van der Waals surface area (Å²) < 4.78 is 0. The zero-order valence-electron chi connectivity index (χ0n) is 4.86. The van der Waals surface area contributed by atoms with Crippen molar-refractivity contribution in [3.05, 3.63) is 12.3 Å².